The maximum absolute atomic E-state index is 12.1. The van der Waals surface area contributed by atoms with Gasteiger partial charge >= 0.3 is 0 Å². The van der Waals surface area contributed by atoms with Gasteiger partial charge < -0.3 is 9.84 Å². The Labute approximate surface area is 160 Å². The Balaban J connectivity index is 1.58. The van der Waals surface area contributed by atoms with Crippen molar-refractivity contribution < 1.29 is 9.32 Å². The van der Waals surface area contributed by atoms with E-state index in [1.807, 2.05) is 36.4 Å². The van der Waals surface area contributed by atoms with Gasteiger partial charge in [0.15, 0.2) is 0 Å². The summed E-state index contributed by atoms with van der Waals surface area (Å²) in [7, 11) is 0. The lowest BCUT2D eigenvalue weighted by Gasteiger charge is -2.05. The number of halogens is 1. The molecule has 1 amide bonds. The molecule has 0 bridgehead atoms. The predicted molar refractivity (Wildman–Crippen MR) is 105 cm³/mol. The summed E-state index contributed by atoms with van der Waals surface area (Å²) in [6, 6.07) is 15.6. The molecular formula is C20H20BrN3O2. The molecule has 1 aromatic heterocycles. The minimum absolute atomic E-state index is 0.0991. The van der Waals surface area contributed by atoms with Crippen molar-refractivity contribution in [3.8, 4) is 11.4 Å². The van der Waals surface area contributed by atoms with Crippen molar-refractivity contribution in [2.75, 3.05) is 5.32 Å². The van der Waals surface area contributed by atoms with Crippen molar-refractivity contribution in [3.05, 3.63) is 64.5 Å². The first-order valence-electron chi connectivity index (χ1n) is 8.50. The fourth-order valence-electron chi connectivity index (χ4n) is 2.49. The zero-order valence-corrected chi connectivity index (χ0v) is 16.3. The van der Waals surface area contributed by atoms with Crippen molar-refractivity contribution in [1.29, 1.82) is 0 Å². The Morgan fingerprint density at radius 3 is 2.58 bits per heavy atom. The second-order valence-corrected chi connectivity index (χ2v) is 7.17. The molecular weight excluding hydrogens is 394 g/mol. The molecule has 134 valence electrons. The summed E-state index contributed by atoms with van der Waals surface area (Å²) in [6.45, 7) is 4.31. The van der Waals surface area contributed by atoms with E-state index in [4.69, 9.17) is 4.52 Å². The van der Waals surface area contributed by atoms with Crippen LogP contribution in [0.3, 0.4) is 0 Å². The lowest BCUT2D eigenvalue weighted by atomic mass is 10.0. The lowest BCUT2D eigenvalue weighted by Crippen LogP contribution is -2.12. The van der Waals surface area contributed by atoms with E-state index in [9.17, 15) is 4.79 Å². The van der Waals surface area contributed by atoms with Crippen molar-refractivity contribution in [3.63, 3.8) is 0 Å². The molecule has 1 heterocycles. The fourth-order valence-corrected chi connectivity index (χ4v) is 2.87. The molecule has 0 unspecified atom stereocenters. The number of carbonyl (C=O) groups is 1. The first-order valence-corrected chi connectivity index (χ1v) is 9.29. The van der Waals surface area contributed by atoms with Crippen molar-refractivity contribution in [1.82, 2.24) is 10.1 Å². The third kappa shape index (κ3) is 4.58. The number of hydrogen-bond acceptors (Lipinski definition) is 4. The molecule has 0 saturated carbocycles. The van der Waals surface area contributed by atoms with E-state index in [1.165, 1.54) is 5.56 Å². The molecule has 3 rings (SSSR count). The average molecular weight is 414 g/mol. The third-order valence-electron chi connectivity index (χ3n) is 4.02. The maximum atomic E-state index is 12.1. The van der Waals surface area contributed by atoms with E-state index in [0.29, 0.717) is 24.1 Å². The fraction of sp³-hybridized carbons (Fsp3) is 0.250. The Kier molecular flexibility index (Phi) is 5.83. The van der Waals surface area contributed by atoms with Gasteiger partial charge in [-0.25, -0.2) is 0 Å². The van der Waals surface area contributed by atoms with Crippen LogP contribution in [0.25, 0.3) is 11.4 Å². The van der Waals surface area contributed by atoms with E-state index >= 15 is 0 Å². The van der Waals surface area contributed by atoms with Crippen LogP contribution in [0.2, 0.25) is 0 Å². The van der Waals surface area contributed by atoms with Gasteiger partial charge in [-0.15, -0.1) is 0 Å². The lowest BCUT2D eigenvalue weighted by molar-refractivity contribution is -0.116. The van der Waals surface area contributed by atoms with E-state index in [0.717, 1.165) is 15.7 Å². The number of amides is 1. The van der Waals surface area contributed by atoms with Gasteiger partial charge in [0, 0.05) is 22.9 Å². The number of rotatable bonds is 6. The first-order chi connectivity index (χ1) is 12.5. The van der Waals surface area contributed by atoms with Crippen LogP contribution in [0.4, 0.5) is 5.69 Å². The third-order valence-corrected chi connectivity index (χ3v) is 4.71. The summed E-state index contributed by atoms with van der Waals surface area (Å²) in [4.78, 5) is 16.5. The number of nitrogens with one attached hydrogen (secondary N) is 1. The molecule has 3 aromatic rings. The van der Waals surface area contributed by atoms with Crippen LogP contribution in [-0.4, -0.2) is 16.0 Å². The quantitative estimate of drug-likeness (QED) is 0.603. The van der Waals surface area contributed by atoms with Gasteiger partial charge in [-0.05, 0) is 39.5 Å². The molecule has 2 aromatic carbocycles. The van der Waals surface area contributed by atoms with Crippen LogP contribution < -0.4 is 5.32 Å². The topological polar surface area (TPSA) is 68.0 Å². The summed E-state index contributed by atoms with van der Waals surface area (Å²) in [6.07, 6.45) is 0.669. The Bertz CT molecular complexity index is 888. The molecule has 1 N–H and O–H groups in total. The highest BCUT2D eigenvalue weighted by Gasteiger charge is 2.12. The molecule has 0 saturated heterocycles. The number of hydrogen-bond donors (Lipinski definition) is 1. The Hall–Kier alpha value is -2.47. The zero-order valence-electron chi connectivity index (χ0n) is 14.7. The molecule has 0 aliphatic heterocycles. The molecule has 0 aliphatic carbocycles. The number of aromatic nitrogens is 2. The highest BCUT2D eigenvalue weighted by Crippen LogP contribution is 2.22. The van der Waals surface area contributed by atoms with Crippen molar-refractivity contribution in [2.45, 2.75) is 32.6 Å². The smallest absolute Gasteiger partial charge is 0.227 e. The Morgan fingerprint density at radius 2 is 1.88 bits per heavy atom. The summed E-state index contributed by atoms with van der Waals surface area (Å²) in [5.41, 5.74) is 2.91. The second-order valence-electron chi connectivity index (χ2n) is 6.32. The number of para-hydroxylation sites is 1. The maximum Gasteiger partial charge on any atom is 0.227 e. The van der Waals surface area contributed by atoms with E-state index in [-0.39, 0.29) is 12.3 Å². The van der Waals surface area contributed by atoms with E-state index in [2.05, 4.69) is 57.4 Å². The first kappa shape index (κ1) is 18.3. The highest BCUT2D eigenvalue weighted by molar-refractivity contribution is 9.10. The van der Waals surface area contributed by atoms with Gasteiger partial charge in [0.05, 0.1) is 5.69 Å². The molecule has 26 heavy (non-hydrogen) atoms. The van der Waals surface area contributed by atoms with Gasteiger partial charge in [-0.3, -0.25) is 4.79 Å². The summed E-state index contributed by atoms with van der Waals surface area (Å²) in [5.74, 6) is 1.38. The van der Waals surface area contributed by atoms with Crippen molar-refractivity contribution >= 4 is 27.5 Å². The van der Waals surface area contributed by atoms with Gasteiger partial charge in [0.25, 0.3) is 0 Å². The number of aryl methyl sites for hydroxylation is 1. The molecule has 0 spiro atoms. The molecule has 0 aliphatic rings. The monoisotopic (exact) mass is 413 g/mol. The molecule has 0 atom stereocenters. The molecule has 0 radical (unpaired) electrons. The summed E-state index contributed by atoms with van der Waals surface area (Å²) < 4.78 is 6.12. The molecule has 5 nitrogen and oxygen atoms in total. The standard InChI is InChI=1S/C20H20BrN3O2/c1-13(2)14-7-9-15(10-8-14)20-23-19(26-24-20)12-11-18(25)22-17-6-4-3-5-16(17)21/h3-10,13H,11-12H2,1-2H3,(H,22,25). The number of anilines is 1. The van der Waals surface area contributed by atoms with Crippen LogP contribution >= 0.6 is 15.9 Å². The highest BCUT2D eigenvalue weighted by atomic mass is 79.9. The average Bonchev–Trinajstić information content (AvgIpc) is 3.11. The minimum Gasteiger partial charge on any atom is -0.339 e. The van der Waals surface area contributed by atoms with Gasteiger partial charge in [-0.2, -0.15) is 4.98 Å². The zero-order chi connectivity index (χ0) is 18.5. The number of benzene rings is 2. The van der Waals surface area contributed by atoms with Crippen LogP contribution in [0, 0.1) is 0 Å². The Morgan fingerprint density at radius 1 is 1.15 bits per heavy atom. The molecule has 0 fully saturated rings. The van der Waals surface area contributed by atoms with Crippen LogP contribution in [-0.2, 0) is 11.2 Å². The molecule has 6 heteroatoms. The minimum atomic E-state index is -0.0991. The van der Waals surface area contributed by atoms with E-state index < -0.39 is 0 Å². The van der Waals surface area contributed by atoms with Gasteiger partial charge in [0.1, 0.15) is 0 Å². The second kappa shape index (κ2) is 8.27. The summed E-state index contributed by atoms with van der Waals surface area (Å²) >= 11 is 3.41. The normalized spacial score (nSPS) is 10.9. The van der Waals surface area contributed by atoms with Crippen LogP contribution in [0.1, 0.15) is 37.6 Å². The summed E-state index contributed by atoms with van der Waals surface area (Å²) in [5, 5.41) is 6.87. The number of nitrogens with zero attached hydrogens (tertiary/aromatic N) is 2. The van der Waals surface area contributed by atoms with Crippen LogP contribution in [0.5, 0.6) is 0 Å². The number of carbonyl (C=O) groups excluding carboxylic acids is 1. The SMILES string of the molecule is CC(C)c1ccc(-c2noc(CCC(=O)Nc3ccccc3Br)n2)cc1. The van der Waals surface area contributed by atoms with E-state index in [1.54, 1.807) is 0 Å². The van der Waals surface area contributed by atoms with Crippen LogP contribution in [0.15, 0.2) is 57.5 Å². The largest absolute Gasteiger partial charge is 0.339 e. The van der Waals surface area contributed by atoms with Gasteiger partial charge in [0.2, 0.25) is 17.6 Å². The predicted octanol–water partition coefficient (Wildman–Crippen LogP) is 5.19. The van der Waals surface area contributed by atoms with Crippen molar-refractivity contribution in [2.24, 2.45) is 0 Å². The van der Waals surface area contributed by atoms with Gasteiger partial charge in [-0.1, -0.05) is 55.4 Å².